The van der Waals surface area contributed by atoms with Crippen molar-refractivity contribution in [2.24, 2.45) is 0 Å². The van der Waals surface area contributed by atoms with Crippen molar-refractivity contribution in [2.75, 3.05) is 32.8 Å². The predicted molar refractivity (Wildman–Crippen MR) is 137 cm³/mol. The van der Waals surface area contributed by atoms with Gasteiger partial charge in [-0.1, -0.05) is 54.7 Å². The van der Waals surface area contributed by atoms with Gasteiger partial charge >= 0.3 is 0 Å². The molecule has 0 atom stereocenters. The van der Waals surface area contributed by atoms with Crippen LogP contribution in [0.3, 0.4) is 0 Å². The molecule has 0 aromatic heterocycles. The van der Waals surface area contributed by atoms with Gasteiger partial charge in [0.05, 0.1) is 11.6 Å². The summed E-state index contributed by atoms with van der Waals surface area (Å²) in [6, 6.07) is 9.20. The lowest BCUT2D eigenvalue weighted by Crippen LogP contribution is -2.31. The van der Waals surface area contributed by atoms with Crippen LogP contribution in [0.2, 0.25) is 15.1 Å². The average molecular weight is 533 g/mol. The van der Waals surface area contributed by atoms with Crippen LogP contribution in [0.15, 0.2) is 30.3 Å². The Morgan fingerprint density at radius 2 is 1.61 bits per heavy atom. The zero-order chi connectivity index (χ0) is 21.2. The number of halogens is 5. The monoisotopic (exact) mass is 530 g/mol. The second-order valence-electron chi connectivity index (χ2n) is 6.57. The van der Waals surface area contributed by atoms with Crippen molar-refractivity contribution in [3.8, 4) is 11.5 Å². The van der Waals surface area contributed by atoms with Crippen molar-refractivity contribution in [3.63, 3.8) is 0 Å². The first kappa shape index (κ1) is 30.4. The van der Waals surface area contributed by atoms with E-state index in [1.807, 2.05) is 25.1 Å². The number of hydrogen-bond acceptors (Lipinski definition) is 4. The minimum atomic E-state index is 0. The van der Waals surface area contributed by atoms with Crippen molar-refractivity contribution in [3.05, 3.63) is 56.5 Å². The Labute approximate surface area is 213 Å². The Morgan fingerprint density at radius 3 is 2.23 bits per heavy atom. The summed E-state index contributed by atoms with van der Waals surface area (Å²) in [5.74, 6) is 1.15. The highest BCUT2D eigenvalue weighted by molar-refractivity contribution is 6.35. The molecule has 0 aliphatic carbocycles. The molecule has 0 aliphatic rings. The van der Waals surface area contributed by atoms with Gasteiger partial charge in [0.2, 0.25) is 0 Å². The molecular weight excluding hydrogens is 502 g/mol. The first-order valence-corrected chi connectivity index (χ1v) is 11.1. The second kappa shape index (κ2) is 16.1. The summed E-state index contributed by atoms with van der Waals surface area (Å²) in [5, 5.41) is 5.12. The van der Waals surface area contributed by atoms with Crippen LogP contribution in [0.4, 0.5) is 0 Å². The third kappa shape index (κ3) is 9.83. The molecule has 2 aromatic rings. The molecule has 0 aliphatic heterocycles. The number of benzene rings is 2. The van der Waals surface area contributed by atoms with Gasteiger partial charge in [0.15, 0.2) is 11.5 Å². The lowest BCUT2D eigenvalue weighted by Gasteiger charge is -2.19. The summed E-state index contributed by atoms with van der Waals surface area (Å²) < 4.78 is 11.7. The Morgan fingerprint density at radius 1 is 0.903 bits per heavy atom. The molecule has 4 nitrogen and oxygen atoms in total. The molecule has 0 spiro atoms. The molecule has 0 saturated heterocycles. The van der Waals surface area contributed by atoms with Crippen molar-refractivity contribution >= 4 is 59.6 Å². The fourth-order valence-corrected chi connectivity index (χ4v) is 3.68. The van der Waals surface area contributed by atoms with Crippen LogP contribution in [0.1, 0.15) is 31.9 Å². The Bertz CT molecular complexity index is 789. The molecule has 2 rings (SSSR count). The summed E-state index contributed by atoms with van der Waals surface area (Å²) in [7, 11) is 0. The van der Waals surface area contributed by atoms with E-state index in [0.29, 0.717) is 39.7 Å². The minimum Gasteiger partial charge on any atom is -0.490 e. The van der Waals surface area contributed by atoms with Gasteiger partial charge in [-0.05, 0) is 49.8 Å². The van der Waals surface area contributed by atoms with E-state index in [-0.39, 0.29) is 31.4 Å². The van der Waals surface area contributed by atoms with Gasteiger partial charge in [0, 0.05) is 35.2 Å². The van der Waals surface area contributed by atoms with Crippen LogP contribution in [-0.2, 0) is 13.2 Å². The molecule has 9 heteroatoms. The fourth-order valence-electron chi connectivity index (χ4n) is 2.92. The maximum Gasteiger partial charge on any atom is 0.180 e. The zero-order valence-electron chi connectivity index (χ0n) is 18.1. The predicted octanol–water partition coefficient (Wildman–Crippen LogP) is 6.90. The molecule has 2 aromatic carbocycles. The SMILES string of the molecule is CCOc1cc(CNCCN(CC)CC)cc(Cl)c1OCc1ccc(Cl)cc1Cl.Cl.Cl. The van der Waals surface area contributed by atoms with Crippen LogP contribution in [0.25, 0.3) is 0 Å². The number of rotatable bonds is 12. The lowest BCUT2D eigenvalue weighted by atomic mass is 10.2. The largest absolute Gasteiger partial charge is 0.490 e. The third-order valence-electron chi connectivity index (χ3n) is 4.58. The highest BCUT2D eigenvalue weighted by atomic mass is 35.5. The summed E-state index contributed by atoms with van der Waals surface area (Å²) in [6.45, 7) is 11.8. The van der Waals surface area contributed by atoms with Gasteiger partial charge in [-0.3, -0.25) is 0 Å². The maximum atomic E-state index is 6.51. The lowest BCUT2D eigenvalue weighted by molar-refractivity contribution is 0.269. The van der Waals surface area contributed by atoms with E-state index in [9.17, 15) is 0 Å². The van der Waals surface area contributed by atoms with Crippen LogP contribution >= 0.6 is 59.6 Å². The van der Waals surface area contributed by atoms with E-state index < -0.39 is 0 Å². The van der Waals surface area contributed by atoms with Gasteiger partial charge in [-0.2, -0.15) is 0 Å². The molecule has 0 heterocycles. The Hall–Kier alpha value is -0.590. The zero-order valence-corrected chi connectivity index (χ0v) is 22.0. The van der Waals surface area contributed by atoms with E-state index in [0.717, 1.165) is 37.3 Å². The molecule has 0 amide bonds. The topological polar surface area (TPSA) is 33.7 Å². The molecule has 0 radical (unpaired) electrons. The molecule has 31 heavy (non-hydrogen) atoms. The van der Waals surface area contributed by atoms with Gasteiger partial charge in [0.25, 0.3) is 0 Å². The number of ether oxygens (including phenoxy) is 2. The van der Waals surface area contributed by atoms with E-state index in [1.54, 1.807) is 12.1 Å². The molecule has 0 unspecified atom stereocenters. The van der Waals surface area contributed by atoms with Crippen LogP contribution in [0, 0.1) is 0 Å². The molecule has 1 N–H and O–H groups in total. The number of nitrogens with zero attached hydrogens (tertiary/aromatic N) is 1. The fraction of sp³-hybridized carbons (Fsp3) is 0.455. The van der Waals surface area contributed by atoms with E-state index in [2.05, 4.69) is 24.1 Å². The Balaban J connectivity index is 0.00000450. The summed E-state index contributed by atoms with van der Waals surface area (Å²) in [5.41, 5.74) is 1.88. The van der Waals surface area contributed by atoms with Gasteiger partial charge in [-0.25, -0.2) is 0 Å². The highest BCUT2D eigenvalue weighted by Gasteiger charge is 2.14. The van der Waals surface area contributed by atoms with Gasteiger partial charge < -0.3 is 19.7 Å². The van der Waals surface area contributed by atoms with Gasteiger partial charge in [0.1, 0.15) is 6.61 Å². The maximum absolute atomic E-state index is 6.51. The molecule has 0 saturated carbocycles. The average Bonchev–Trinajstić information content (AvgIpc) is 2.69. The molecule has 176 valence electrons. The summed E-state index contributed by atoms with van der Waals surface area (Å²) in [4.78, 5) is 2.38. The standard InChI is InChI=1S/C22H29Cl3N2O2.2ClH/c1-4-27(5-2)10-9-26-14-16-11-20(25)22(21(12-16)28-6-3)29-15-17-7-8-18(23)13-19(17)24;;/h7-8,11-13,26H,4-6,9-10,14-15H2,1-3H3;2*1H. The smallest absolute Gasteiger partial charge is 0.180 e. The first-order chi connectivity index (χ1) is 14.0. The van der Waals surface area contributed by atoms with E-state index in [4.69, 9.17) is 44.3 Å². The molecule has 0 bridgehead atoms. The summed E-state index contributed by atoms with van der Waals surface area (Å²) >= 11 is 18.7. The van der Waals surface area contributed by atoms with Crippen LogP contribution < -0.4 is 14.8 Å². The van der Waals surface area contributed by atoms with Crippen LogP contribution in [-0.4, -0.2) is 37.7 Å². The summed E-state index contributed by atoms with van der Waals surface area (Å²) in [6.07, 6.45) is 0. The quantitative estimate of drug-likeness (QED) is 0.302. The molecular formula is C22H31Cl5N2O2. The number of likely N-dealkylation sites (N-methyl/N-ethyl adjacent to an activating group) is 1. The normalized spacial score (nSPS) is 10.4. The van der Waals surface area contributed by atoms with Crippen molar-refractivity contribution < 1.29 is 9.47 Å². The first-order valence-electron chi connectivity index (χ1n) is 9.93. The van der Waals surface area contributed by atoms with E-state index in [1.165, 1.54) is 0 Å². The van der Waals surface area contributed by atoms with E-state index >= 15 is 0 Å². The number of hydrogen-bond donors (Lipinski definition) is 1. The molecule has 0 fully saturated rings. The van der Waals surface area contributed by atoms with Crippen molar-refractivity contribution in [1.29, 1.82) is 0 Å². The minimum absolute atomic E-state index is 0. The third-order valence-corrected chi connectivity index (χ3v) is 5.45. The van der Waals surface area contributed by atoms with Gasteiger partial charge in [-0.15, -0.1) is 24.8 Å². The van der Waals surface area contributed by atoms with Crippen molar-refractivity contribution in [2.45, 2.75) is 33.9 Å². The Kier molecular flexibility index (Phi) is 15.8. The van der Waals surface area contributed by atoms with Crippen molar-refractivity contribution in [1.82, 2.24) is 10.2 Å². The number of nitrogens with one attached hydrogen (secondary N) is 1. The second-order valence-corrected chi connectivity index (χ2v) is 7.82. The highest BCUT2D eigenvalue weighted by Crippen LogP contribution is 2.37. The van der Waals surface area contributed by atoms with Crippen LogP contribution in [0.5, 0.6) is 11.5 Å².